The first kappa shape index (κ1) is 26.2. The fourth-order valence-corrected chi connectivity index (χ4v) is 4.65. The second-order valence-corrected chi connectivity index (χ2v) is 9.08. The van der Waals surface area contributed by atoms with E-state index in [1.165, 1.54) is 0 Å². The number of carbonyl (C=O) groups is 3. The Morgan fingerprint density at radius 2 is 1.54 bits per heavy atom. The number of aliphatic carboxylic acids is 1. The number of fused-ring (bicyclic) bond motifs is 3. The maximum atomic E-state index is 12.7. The third-order valence-corrected chi connectivity index (χ3v) is 6.25. The number of hydrogen-bond donors (Lipinski definition) is 3. The molecule has 188 valence electrons. The molecule has 0 radical (unpaired) electrons. The van der Waals surface area contributed by atoms with Gasteiger partial charge < -0.3 is 25.2 Å². The third kappa shape index (κ3) is 6.82. The Morgan fingerprint density at radius 3 is 2.11 bits per heavy atom. The topological polar surface area (TPSA) is 114 Å². The largest absolute Gasteiger partial charge is 0.481 e. The fourth-order valence-electron chi connectivity index (χ4n) is 4.65. The zero-order valence-electron chi connectivity index (χ0n) is 20.5. The highest BCUT2D eigenvalue weighted by molar-refractivity contribution is 5.81. The second-order valence-electron chi connectivity index (χ2n) is 9.08. The number of ether oxygens (including phenoxy) is 2. The van der Waals surface area contributed by atoms with E-state index in [0.29, 0.717) is 0 Å². The summed E-state index contributed by atoms with van der Waals surface area (Å²) in [5.74, 6) is -1.65. The Balaban J connectivity index is 1.51. The smallest absolute Gasteiger partial charge is 0.407 e. The molecule has 3 rings (SSSR count). The molecule has 2 amide bonds. The highest BCUT2D eigenvalue weighted by Gasteiger charge is 2.31. The Morgan fingerprint density at radius 1 is 0.943 bits per heavy atom. The van der Waals surface area contributed by atoms with Crippen LogP contribution in [-0.2, 0) is 19.1 Å². The van der Waals surface area contributed by atoms with Gasteiger partial charge in [-0.2, -0.15) is 0 Å². The molecule has 35 heavy (non-hydrogen) atoms. The molecular weight excluding hydrogens is 448 g/mol. The van der Waals surface area contributed by atoms with Gasteiger partial charge in [0.2, 0.25) is 5.91 Å². The number of amides is 2. The molecule has 1 aliphatic rings. The summed E-state index contributed by atoms with van der Waals surface area (Å²) in [6, 6.07) is 15.8. The van der Waals surface area contributed by atoms with Crippen LogP contribution in [-0.4, -0.2) is 55.5 Å². The predicted molar refractivity (Wildman–Crippen MR) is 132 cm³/mol. The van der Waals surface area contributed by atoms with Crippen LogP contribution in [0.25, 0.3) is 11.1 Å². The number of rotatable bonds is 12. The highest BCUT2D eigenvalue weighted by atomic mass is 16.5. The summed E-state index contributed by atoms with van der Waals surface area (Å²) >= 11 is 0. The summed E-state index contributed by atoms with van der Waals surface area (Å²) in [6.45, 7) is 6.41. The van der Waals surface area contributed by atoms with Crippen molar-refractivity contribution in [1.29, 1.82) is 0 Å². The van der Waals surface area contributed by atoms with Gasteiger partial charge in [0.15, 0.2) is 0 Å². The van der Waals surface area contributed by atoms with Crippen LogP contribution in [0.5, 0.6) is 0 Å². The van der Waals surface area contributed by atoms with E-state index >= 15 is 0 Å². The molecule has 0 heterocycles. The molecule has 8 heteroatoms. The Bertz CT molecular complexity index is 992. The summed E-state index contributed by atoms with van der Waals surface area (Å²) in [5.41, 5.74) is 4.60. The molecular formula is C27H34N2O6. The van der Waals surface area contributed by atoms with Crippen LogP contribution in [0.2, 0.25) is 0 Å². The lowest BCUT2D eigenvalue weighted by molar-refractivity contribution is -0.138. The van der Waals surface area contributed by atoms with Gasteiger partial charge in [-0.3, -0.25) is 9.59 Å². The van der Waals surface area contributed by atoms with E-state index in [-0.39, 0.29) is 50.5 Å². The first-order chi connectivity index (χ1) is 16.8. The predicted octanol–water partition coefficient (Wildman–Crippen LogP) is 3.79. The average molecular weight is 483 g/mol. The van der Waals surface area contributed by atoms with Crippen LogP contribution in [0.15, 0.2) is 48.5 Å². The van der Waals surface area contributed by atoms with Crippen molar-refractivity contribution in [3.63, 3.8) is 0 Å². The van der Waals surface area contributed by atoms with Crippen molar-refractivity contribution in [3.05, 3.63) is 59.7 Å². The third-order valence-electron chi connectivity index (χ3n) is 6.25. The minimum absolute atomic E-state index is 0.0215. The van der Waals surface area contributed by atoms with Gasteiger partial charge in [0, 0.05) is 18.5 Å². The lowest BCUT2D eigenvalue weighted by Gasteiger charge is -2.27. The molecule has 0 fully saturated rings. The van der Waals surface area contributed by atoms with Gasteiger partial charge in [-0.25, -0.2) is 4.79 Å². The van der Waals surface area contributed by atoms with Gasteiger partial charge in [-0.05, 0) is 35.1 Å². The van der Waals surface area contributed by atoms with Gasteiger partial charge in [0.1, 0.15) is 6.61 Å². The normalized spacial score (nSPS) is 14.1. The van der Waals surface area contributed by atoms with Crippen LogP contribution in [0, 0.1) is 11.8 Å². The number of alkyl carbamates (subject to hydrolysis) is 1. The number of nitrogens with one attached hydrogen (secondary N) is 2. The molecule has 2 aromatic rings. The van der Waals surface area contributed by atoms with Crippen LogP contribution >= 0.6 is 0 Å². The molecule has 2 aromatic carbocycles. The number of hydrogen-bond acceptors (Lipinski definition) is 5. The van der Waals surface area contributed by atoms with Crippen molar-refractivity contribution < 1.29 is 29.0 Å². The lowest BCUT2D eigenvalue weighted by atomic mass is 9.88. The van der Waals surface area contributed by atoms with Crippen molar-refractivity contribution in [3.8, 4) is 11.1 Å². The first-order valence-electron chi connectivity index (χ1n) is 12.0. The lowest BCUT2D eigenvalue weighted by Crippen LogP contribution is -2.48. The van der Waals surface area contributed by atoms with E-state index in [1.807, 2.05) is 38.1 Å². The van der Waals surface area contributed by atoms with Crippen LogP contribution in [0.3, 0.4) is 0 Å². The maximum Gasteiger partial charge on any atom is 0.407 e. The Labute approximate surface area is 206 Å². The molecule has 0 aromatic heterocycles. The minimum Gasteiger partial charge on any atom is -0.481 e. The number of carbonyl (C=O) groups excluding carboxylic acids is 2. The molecule has 2 unspecified atom stereocenters. The fraction of sp³-hybridized carbons (Fsp3) is 0.444. The number of carboxylic acids is 1. The SMILES string of the molecule is CC(C)C(C(=O)NCCOCCC(=O)O)C(C)NC(=O)OCC1c2ccccc2-c2ccccc21. The van der Waals surface area contributed by atoms with Crippen molar-refractivity contribution in [2.45, 2.75) is 39.2 Å². The van der Waals surface area contributed by atoms with E-state index in [0.717, 1.165) is 22.3 Å². The molecule has 0 saturated heterocycles. The quantitative estimate of drug-likeness (QED) is 0.397. The summed E-state index contributed by atoms with van der Waals surface area (Å²) < 4.78 is 10.8. The maximum absolute atomic E-state index is 12.7. The molecule has 1 aliphatic carbocycles. The first-order valence-corrected chi connectivity index (χ1v) is 12.0. The molecule has 0 bridgehead atoms. The highest BCUT2D eigenvalue weighted by Crippen LogP contribution is 2.44. The van der Waals surface area contributed by atoms with Crippen molar-refractivity contribution in [2.75, 3.05) is 26.4 Å². The number of carboxylic acid groups (broad SMARTS) is 1. The zero-order valence-corrected chi connectivity index (χ0v) is 20.5. The van der Waals surface area contributed by atoms with Crippen LogP contribution < -0.4 is 10.6 Å². The average Bonchev–Trinajstić information content (AvgIpc) is 3.13. The molecule has 3 N–H and O–H groups in total. The zero-order chi connectivity index (χ0) is 25.4. The Kier molecular flexibility index (Phi) is 9.25. The monoisotopic (exact) mass is 482 g/mol. The van der Waals surface area contributed by atoms with Gasteiger partial charge in [0.05, 0.1) is 25.6 Å². The second kappa shape index (κ2) is 12.4. The standard InChI is InChI=1S/C27H34N2O6/c1-17(2)25(26(32)28-13-15-34-14-12-24(30)31)18(3)29-27(33)35-16-23-21-10-6-4-8-19(21)20-9-5-7-11-22(20)23/h4-11,17-18,23,25H,12-16H2,1-3H3,(H,28,32)(H,29,33)(H,30,31). The summed E-state index contributed by atoms with van der Waals surface area (Å²) in [7, 11) is 0. The molecule has 0 aliphatic heterocycles. The van der Waals surface area contributed by atoms with E-state index < -0.39 is 24.0 Å². The van der Waals surface area contributed by atoms with E-state index in [2.05, 4.69) is 34.9 Å². The van der Waals surface area contributed by atoms with Gasteiger partial charge in [-0.1, -0.05) is 62.4 Å². The van der Waals surface area contributed by atoms with Gasteiger partial charge in [-0.15, -0.1) is 0 Å². The summed E-state index contributed by atoms with van der Waals surface area (Å²) in [5, 5.41) is 14.2. The van der Waals surface area contributed by atoms with Crippen LogP contribution in [0.1, 0.15) is 44.2 Å². The summed E-state index contributed by atoms with van der Waals surface area (Å²) in [6.07, 6.45) is -0.640. The van der Waals surface area contributed by atoms with E-state index in [9.17, 15) is 14.4 Å². The van der Waals surface area contributed by atoms with E-state index in [1.54, 1.807) is 6.92 Å². The molecule has 0 saturated carbocycles. The van der Waals surface area contributed by atoms with Gasteiger partial charge in [0.25, 0.3) is 0 Å². The van der Waals surface area contributed by atoms with Crippen molar-refractivity contribution >= 4 is 18.0 Å². The van der Waals surface area contributed by atoms with Crippen molar-refractivity contribution in [2.24, 2.45) is 11.8 Å². The van der Waals surface area contributed by atoms with Crippen molar-refractivity contribution in [1.82, 2.24) is 10.6 Å². The molecule has 2 atom stereocenters. The van der Waals surface area contributed by atoms with Gasteiger partial charge >= 0.3 is 12.1 Å². The van der Waals surface area contributed by atoms with E-state index in [4.69, 9.17) is 14.6 Å². The number of benzene rings is 2. The molecule has 0 spiro atoms. The Hall–Kier alpha value is -3.39. The van der Waals surface area contributed by atoms with Crippen LogP contribution in [0.4, 0.5) is 4.79 Å². The minimum atomic E-state index is -0.929. The summed E-state index contributed by atoms with van der Waals surface area (Å²) in [4.78, 5) is 35.9. The molecule has 8 nitrogen and oxygen atoms in total.